The van der Waals surface area contributed by atoms with Gasteiger partial charge < -0.3 is 0 Å². The Kier molecular flexibility index (Phi) is 2.23. The van der Waals surface area contributed by atoms with Gasteiger partial charge in [-0.25, -0.2) is 9.37 Å². The molecule has 2 aromatic rings. The first-order chi connectivity index (χ1) is 7.00. The minimum absolute atomic E-state index is 0.0993. The lowest BCUT2D eigenvalue weighted by Gasteiger charge is -2.05. The summed E-state index contributed by atoms with van der Waals surface area (Å²) in [6.45, 7) is 1.69. The molecule has 5 heteroatoms. The summed E-state index contributed by atoms with van der Waals surface area (Å²) in [7, 11) is 1.50. The first-order valence-electron chi connectivity index (χ1n) is 4.33. The SMILES string of the molecule is Cc1cc(F)cc2c(=O)n(C)c(Cl)nc12. The number of benzene rings is 1. The van der Waals surface area contributed by atoms with E-state index in [9.17, 15) is 9.18 Å². The second kappa shape index (κ2) is 3.31. The highest BCUT2D eigenvalue weighted by Gasteiger charge is 2.09. The van der Waals surface area contributed by atoms with Crippen molar-refractivity contribution < 1.29 is 4.39 Å². The van der Waals surface area contributed by atoms with E-state index in [2.05, 4.69) is 4.98 Å². The molecule has 0 saturated heterocycles. The maximum atomic E-state index is 13.1. The van der Waals surface area contributed by atoms with Gasteiger partial charge in [-0.2, -0.15) is 0 Å². The predicted octanol–water partition coefficient (Wildman–Crippen LogP) is 2.03. The minimum Gasteiger partial charge on any atom is -0.286 e. The van der Waals surface area contributed by atoms with E-state index in [1.54, 1.807) is 6.92 Å². The molecule has 0 aliphatic rings. The van der Waals surface area contributed by atoms with Crippen LogP contribution in [0.1, 0.15) is 5.56 Å². The van der Waals surface area contributed by atoms with Crippen LogP contribution in [0, 0.1) is 12.7 Å². The molecular formula is C10H8ClFN2O. The Morgan fingerprint density at radius 3 is 2.80 bits per heavy atom. The van der Waals surface area contributed by atoms with Gasteiger partial charge in [0, 0.05) is 7.05 Å². The Morgan fingerprint density at radius 1 is 1.47 bits per heavy atom. The summed E-state index contributed by atoms with van der Waals surface area (Å²) < 4.78 is 14.3. The van der Waals surface area contributed by atoms with Crippen molar-refractivity contribution in [2.75, 3.05) is 0 Å². The zero-order chi connectivity index (χ0) is 11.2. The Bertz CT molecular complexity index is 606. The van der Waals surface area contributed by atoms with Crippen LogP contribution in [0.2, 0.25) is 5.28 Å². The fourth-order valence-electron chi connectivity index (χ4n) is 1.48. The van der Waals surface area contributed by atoms with Crippen LogP contribution in [0.4, 0.5) is 4.39 Å². The summed E-state index contributed by atoms with van der Waals surface area (Å²) in [6, 6.07) is 2.50. The Labute approximate surface area is 90.1 Å². The number of nitrogens with zero attached hydrogens (tertiary/aromatic N) is 2. The predicted molar refractivity (Wildman–Crippen MR) is 56.7 cm³/mol. The number of rotatable bonds is 0. The second-order valence-electron chi connectivity index (χ2n) is 3.36. The van der Waals surface area contributed by atoms with Gasteiger partial charge in [0.15, 0.2) is 0 Å². The Morgan fingerprint density at radius 2 is 2.13 bits per heavy atom. The van der Waals surface area contributed by atoms with Crippen LogP contribution < -0.4 is 5.56 Å². The molecule has 0 atom stereocenters. The normalized spacial score (nSPS) is 10.9. The van der Waals surface area contributed by atoms with Crippen LogP contribution in [0.5, 0.6) is 0 Å². The lowest BCUT2D eigenvalue weighted by Crippen LogP contribution is -2.19. The number of hydrogen-bond acceptors (Lipinski definition) is 2. The van der Waals surface area contributed by atoms with E-state index in [1.807, 2.05) is 0 Å². The van der Waals surface area contributed by atoms with Gasteiger partial charge in [0.2, 0.25) is 5.28 Å². The van der Waals surface area contributed by atoms with Crippen molar-refractivity contribution in [1.29, 1.82) is 0 Å². The van der Waals surface area contributed by atoms with Crippen molar-refractivity contribution in [1.82, 2.24) is 9.55 Å². The molecule has 0 spiro atoms. The van der Waals surface area contributed by atoms with Crippen LogP contribution in [0.15, 0.2) is 16.9 Å². The molecule has 0 aliphatic carbocycles. The molecule has 0 N–H and O–H groups in total. The third-order valence-corrected chi connectivity index (χ3v) is 2.62. The topological polar surface area (TPSA) is 34.9 Å². The molecule has 1 aromatic carbocycles. The lowest BCUT2D eigenvalue weighted by atomic mass is 10.1. The summed E-state index contributed by atoms with van der Waals surface area (Å²) in [5.74, 6) is -0.443. The highest BCUT2D eigenvalue weighted by Crippen LogP contribution is 2.16. The highest BCUT2D eigenvalue weighted by molar-refractivity contribution is 6.28. The van der Waals surface area contributed by atoms with E-state index in [4.69, 9.17) is 11.6 Å². The summed E-state index contributed by atoms with van der Waals surface area (Å²) in [6.07, 6.45) is 0. The first kappa shape index (κ1) is 10.1. The zero-order valence-electron chi connectivity index (χ0n) is 8.21. The van der Waals surface area contributed by atoms with Crippen LogP contribution in [0.25, 0.3) is 10.9 Å². The number of aromatic nitrogens is 2. The van der Waals surface area contributed by atoms with Gasteiger partial charge in [0.25, 0.3) is 5.56 Å². The van der Waals surface area contributed by atoms with Gasteiger partial charge in [-0.3, -0.25) is 9.36 Å². The van der Waals surface area contributed by atoms with Crippen molar-refractivity contribution in [2.24, 2.45) is 7.05 Å². The van der Waals surface area contributed by atoms with Crippen LogP contribution in [0.3, 0.4) is 0 Å². The van der Waals surface area contributed by atoms with E-state index < -0.39 is 5.82 Å². The molecule has 0 unspecified atom stereocenters. The third kappa shape index (κ3) is 1.51. The molecule has 3 nitrogen and oxygen atoms in total. The van der Waals surface area contributed by atoms with E-state index in [0.717, 1.165) is 0 Å². The number of halogens is 2. The van der Waals surface area contributed by atoms with Gasteiger partial charge in [0.05, 0.1) is 10.9 Å². The monoisotopic (exact) mass is 226 g/mol. The third-order valence-electron chi connectivity index (χ3n) is 2.28. The molecule has 2 rings (SSSR count). The van der Waals surface area contributed by atoms with Crippen molar-refractivity contribution in [3.05, 3.63) is 39.2 Å². The maximum absolute atomic E-state index is 13.1. The molecule has 0 fully saturated rings. The molecule has 1 heterocycles. The molecule has 0 bridgehead atoms. The Balaban J connectivity index is 3.06. The van der Waals surface area contributed by atoms with Crippen LogP contribution >= 0.6 is 11.6 Å². The molecule has 0 radical (unpaired) electrons. The molecule has 78 valence electrons. The van der Waals surface area contributed by atoms with Crippen LogP contribution in [-0.4, -0.2) is 9.55 Å². The van der Waals surface area contributed by atoms with E-state index >= 15 is 0 Å². The van der Waals surface area contributed by atoms with Crippen molar-refractivity contribution in [3.63, 3.8) is 0 Å². The number of fused-ring (bicyclic) bond motifs is 1. The number of hydrogen-bond donors (Lipinski definition) is 0. The fourth-order valence-corrected chi connectivity index (χ4v) is 1.64. The second-order valence-corrected chi connectivity index (χ2v) is 3.70. The first-order valence-corrected chi connectivity index (χ1v) is 4.71. The van der Waals surface area contributed by atoms with Gasteiger partial charge >= 0.3 is 0 Å². The smallest absolute Gasteiger partial charge is 0.262 e. The molecule has 15 heavy (non-hydrogen) atoms. The minimum atomic E-state index is -0.443. The van der Waals surface area contributed by atoms with E-state index in [1.165, 1.54) is 23.7 Å². The zero-order valence-corrected chi connectivity index (χ0v) is 8.97. The van der Waals surface area contributed by atoms with Crippen molar-refractivity contribution in [2.45, 2.75) is 6.92 Å². The standard InChI is InChI=1S/C10H8ClFN2O/c1-5-3-6(12)4-7-8(5)13-10(11)14(2)9(7)15/h3-4H,1-2H3. The van der Waals surface area contributed by atoms with Gasteiger partial charge in [-0.15, -0.1) is 0 Å². The van der Waals surface area contributed by atoms with Crippen molar-refractivity contribution in [3.8, 4) is 0 Å². The average molecular weight is 227 g/mol. The summed E-state index contributed by atoms with van der Waals surface area (Å²) in [4.78, 5) is 15.8. The molecule has 0 amide bonds. The van der Waals surface area contributed by atoms with Crippen molar-refractivity contribution >= 4 is 22.5 Å². The summed E-state index contributed by atoms with van der Waals surface area (Å²) >= 11 is 5.76. The molecular weight excluding hydrogens is 219 g/mol. The van der Waals surface area contributed by atoms with Gasteiger partial charge in [0.1, 0.15) is 5.82 Å². The number of aryl methyl sites for hydroxylation is 1. The van der Waals surface area contributed by atoms with E-state index in [0.29, 0.717) is 11.1 Å². The quantitative estimate of drug-likeness (QED) is 0.645. The Hall–Kier alpha value is -1.42. The lowest BCUT2D eigenvalue weighted by molar-refractivity contribution is 0.628. The van der Waals surface area contributed by atoms with Gasteiger partial charge in [-0.05, 0) is 36.2 Å². The maximum Gasteiger partial charge on any atom is 0.262 e. The molecule has 1 aromatic heterocycles. The summed E-state index contributed by atoms with van der Waals surface area (Å²) in [5, 5.41) is 0.349. The fraction of sp³-hybridized carbons (Fsp3) is 0.200. The summed E-state index contributed by atoms with van der Waals surface area (Å²) in [5.41, 5.74) is 0.710. The molecule has 0 aliphatic heterocycles. The molecule has 0 saturated carbocycles. The van der Waals surface area contributed by atoms with E-state index in [-0.39, 0.29) is 16.2 Å². The highest BCUT2D eigenvalue weighted by atomic mass is 35.5. The van der Waals surface area contributed by atoms with Gasteiger partial charge in [-0.1, -0.05) is 0 Å². The van der Waals surface area contributed by atoms with Crippen LogP contribution in [-0.2, 0) is 7.05 Å². The average Bonchev–Trinajstić information content (AvgIpc) is 2.17. The largest absolute Gasteiger partial charge is 0.286 e.